The molecule has 0 amide bonds. The van der Waals surface area contributed by atoms with Crippen LogP contribution < -0.4 is 9.47 Å². The summed E-state index contributed by atoms with van der Waals surface area (Å²) < 4.78 is 29.3. The molecule has 1 heterocycles. The van der Waals surface area contributed by atoms with Crippen LogP contribution >= 0.6 is 11.6 Å². The molecule has 0 aliphatic heterocycles. The van der Waals surface area contributed by atoms with Crippen LogP contribution in [0.3, 0.4) is 0 Å². The predicted molar refractivity (Wildman–Crippen MR) is 88.7 cm³/mol. The Hall–Kier alpha value is -2.80. The number of halogens is 2. The molecule has 0 saturated carbocycles. The molecule has 0 atom stereocenters. The van der Waals surface area contributed by atoms with Gasteiger partial charge in [-0.1, -0.05) is 16.8 Å². The highest BCUT2D eigenvalue weighted by molar-refractivity contribution is 6.36. The second-order valence-electron chi connectivity index (χ2n) is 5.04. The van der Waals surface area contributed by atoms with Gasteiger partial charge < -0.3 is 19.1 Å². The van der Waals surface area contributed by atoms with E-state index in [-0.39, 0.29) is 16.4 Å². The van der Waals surface area contributed by atoms with Gasteiger partial charge in [-0.25, -0.2) is 9.18 Å². The molecule has 1 aromatic heterocycles. The minimum Gasteiger partial charge on any atom is -0.493 e. The van der Waals surface area contributed by atoms with E-state index >= 15 is 0 Å². The minimum atomic E-state index is -1.12. The molecule has 0 aliphatic carbocycles. The van der Waals surface area contributed by atoms with Crippen LogP contribution in [0, 0.1) is 5.82 Å². The van der Waals surface area contributed by atoms with Gasteiger partial charge in [0.1, 0.15) is 28.0 Å². The topological polar surface area (TPSA) is 81.8 Å². The first-order valence-corrected chi connectivity index (χ1v) is 7.74. The average molecular weight is 366 g/mol. The molecule has 0 unspecified atom stereocenters. The lowest BCUT2D eigenvalue weighted by molar-refractivity contribution is -0.139. The molecule has 0 radical (unpaired) electrons. The number of carboxylic acids is 1. The third kappa shape index (κ3) is 3.36. The van der Waals surface area contributed by atoms with Gasteiger partial charge in [-0.3, -0.25) is 0 Å². The molecule has 1 N–H and O–H groups in total. The summed E-state index contributed by atoms with van der Waals surface area (Å²) in [6, 6.07) is 7.28. The largest absolute Gasteiger partial charge is 0.493 e. The standard InChI is InChI=1S/C17H13ClFNO5/c1-2-23-13-7-9(19)3-4-10(13)16-11-5-6-12(24-8-14(21)22)15(18)17(11)25-20-16/h3-7H,2,8H2,1H3,(H,21,22). The van der Waals surface area contributed by atoms with Gasteiger partial charge in [-0.2, -0.15) is 0 Å². The zero-order chi connectivity index (χ0) is 18.0. The number of benzene rings is 2. The van der Waals surface area contributed by atoms with Crippen molar-refractivity contribution in [2.75, 3.05) is 13.2 Å². The highest BCUT2D eigenvalue weighted by Gasteiger charge is 2.19. The van der Waals surface area contributed by atoms with Gasteiger partial charge in [-0.05, 0) is 31.2 Å². The minimum absolute atomic E-state index is 0.109. The first-order valence-electron chi connectivity index (χ1n) is 7.36. The first kappa shape index (κ1) is 17.0. The monoisotopic (exact) mass is 365 g/mol. The van der Waals surface area contributed by atoms with E-state index in [1.807, 2.05) is 0 Å². The van der Waals surface area contributed by atoms with Crippen molar-refractivity contribution in [1.29, 1.82) is 0 Å². The van der Waals surface area contributed by atoms with Crippen LogP contribution in [-0.4, -0.2) is 29.4 Å². The van der Waals surface area contributed by atoms with Crippen molar-refractivity contribution in [2.45, 2.75) is 6.92 Å². The summed E-state index contributed by atoms with van der Waals surface area (Å²) in [7, 11) is 0. The van der Waals surface area contributed by atoms with Crippen LogP contribution in [0.1, 0.15) is 6.92 Å². The van der Waals surface area contributed by atoms with Gasteiger partial charge in [-0.15, -0.1) is 0 Å². The van der Waals surface area contributed by atoms with Crippen molar-refractivity contribution in [2.24, 2.45) is 0 Å². The lowest BCUT2D eigenvalue weighted by Crippen LogP contribution is -2.09. The summed E-state index contributed by atoms with van der Waals surface area (Å²) in [5, 5.41) is 13.4. The third-order valence-electron chi connectivity index (χ3n) is 3.39. The first-order chi connectivity index (χ1) is 12.0. The second kappa shape index (κ2) is 6.98. The van der Waals surface area contributed by atoms with Gasteiger partial charge in [0, 0.05) is 11.6 Å². The molecular formula is C17H13ClFNO5. The highest BCUT2D eigenvalue weighted by Crippen LogP contribution is 2.40. The van der Waals surface area contributed by atoms with E-state index < -0.39 is 18.4 Å². The van der Waals surface area contributed by atoms with E-state index in [1.165, 1.54) is 18.2 Å². The fourth-order valence-electron chi connectivity index (χ4n) is 2.37. The van der Waals surface area contributed by atoms with Crippen LogP contribution in [0.4, 0.5) is 4.39 Å². The average Bonchev–Trinajstić information content (AvgIpc) is 2.99. The van der Waals surface area contributed by atoms with Crippen molar-refractivity contribution in [1.82, 2.24) is 5.16 Å². The Morgan fingerprint density at radius 1 is 1.28 bits per heavy atom. The SMILES string of the molecule is CCOc1cc(F)ccc1-c1noc2c(Cl)c(OCC(=O)O)ccc12. The van der Waals surface area contributed by atoms with Gasteiger partial charge in [0.05, 0.1) is 12.0 Å². The number of carbonyl (C=O) groups is 1. The lowest BCUT2D eigenvalue weighted by atomic mass is 10.1. The van der Waals surface area contributed by atoms with Gasteiger partial charge in [0.15, 0.2) is 12.2 Å². The maximum absolute atomic E-state index is 13.5. The van der Waals surface area contributed by atoms with Gasteiger partial charge in [0.25, 0.3) is 0 Å². The van der Waals surface area contributed by atoms with E-state index in [0.29, 0.717) is 29.0 Å². The Bertz CT molecular complexity index is 940. The Morgan fingerprint density at radius 3 is 2.80 bits per heavy atom. The van der Waals surface area contributed by atoms with Crippen molar-refractivity contribution < 1.29 is 28.3 Å². The lowest BCUT2D eigenvalue weighted by Gasteiger charge is -2.09. The quantitative estimate of drug-likeness (QED) is 0.706. The molecule has 6 nitrogen and oxygen atoms in total. The van der Waals surface area contributed by atoms with Crippen molar-refractivity contribution in [3.63, 3.8) is 0 Å². The molecule has 3 rings (SSSR count). The number of carboxylic acid groups (broad SMARTS) is 1. The van der Waals surface area contributed by atoms with Crippen molar-refractivity contribution in [3.8, 4) is 22.8 Å². The van der Waals surface area contributed by atoms with E-state index in [1.54, 1.807) is 19.1 Å². The predicted octanol–water partition coefficient (Wildman–Crippen LogP) is 4.15. The van der Waals surface area contributed by atoms with Gasteiger partial charge in [0.2, 0.25) is 0 Å². The number of nitrogens with zero attached hydrogens (tertiary/aromatic N) is 1. The molecule has 3 aromatic rings. The zero-order valence-electron chi connectivity index (χ0n) is 13.1. The summed E-state index contributed by atoms with van der Waals surface area (Å²) in [5.74, 6) is -1.05. The van der Waals surface area contributed by atoms with Gasteiger partial charge >= 0.3 is 5.97 Å². The molecule has 0 spiro atoms. The number of aromatic nitrogens is 1. The molecule has 2 aromatic carbocycles. The highest BCUT2D eigenvalue weighted by atomic mass is 35.5. The molecule has 130 valence electrons. The summed E-state index contributed by atoms with van der Waals surface area (Å²) in [5.41, 5.74) is 1.23. The Morgan fingerprint density at radius 2 is 2.08 bits per heavy atom. The number of ether oxygens (including phenoxy) is 2. The molecule has 0 aliphatic rings. The smallest absolute Gasteiger partial charge is 0.341 e. The Kier molecular flexibility index (Phi) is 4.76. The number of hydrogen-bond donors (Lipinski definition) is 1. The van der Waals surface area contributed by atoms with E-state index in [4.69, 9.17) is 30.7 Å². The van der Waals surface area contributed by atoms with Crippen molar-refractivity contribution in [3.05, 3.63) is 41.2 Å². The molecular weight excluding hydrogens is 353 g/mol. The maximum Gasteiger partial charge on any atom is 0.341 e. The van der Waals surface area contributed by atoms with Crippen LogP contribution in [0.2, 0.25) is 5.02 Å². The van der Waals surface area contributed by atoms with Crippen LogP contribution in [-0.2, 0) is 4.79 Å². The zero-order valence-corrected chi connectivity index (χ0v) is 13.8. The van der Waals surface area contributed by atoms with E-state index in [0.717, 1.165) is 0 Å². The normalized spacial score (nSPS) is 10.8. The number of hydrogen-bond acceptors (Lipinski definition) is 5. The molecule has 25 heavy (non-hydrogen) atoms. The summed E-state index contributed by atoms with van der Waals surface area (Å²) >= 11 is 6.21. The maximum atomic E-state index is 13.5. The Balaban J connectivity index is 2.08. The fourth-order valence-corrected chi connectivity index (χ4v) is 2.62. The third-order valence-corrected chi connectivity index (χ3v) is 3.75. The number of aliphatic carboxylic acids is 1. The second-order valence-corrected chi connectivity index (χ2v) is 5.42. The van der Waals surface area contributed by atoms with Crippen LogP contribution in [0.25, 0.3) is 22.2 Å². The summed E-state index contributed by atoms with van der Waals surface area (Å²) in [6.45, 7) is 1.62. The molecule has 0 bridgehead atoms. The molecule has 0 fully saturated rings. The molecule has 0 saturated heterocycles. The fraction of sp³-hybridized carbons (Fsp3) is 0.176. The summed E-state index contributed by atoms with van der Waals surface area (Å²) in [6.07, 6.45) is 0. The van der Waals surface area contributed by atoms with Crippen LogP contribution in [0.15, 0.2) is 34.9 Å². The Labute approximate surface area is 146 Å². The van der Waals surface area contributed by atoms with E-state index in [9.17, 15) is 9.18 Å². The van der Waals surface area contributed by atoms with Crippen LogP contribution in [0.5, 0.6) is 11.5 Å². The summed E-state index contributed by atoms with van der Waals surface area (Å²) in [4.78, 5) is 10.6. The number of rotatable bonds is 6. The number of fused-ring (bicyclic) bond motifs is 1. The van der Waals surface area contributed by atoms with Crippen molar-refractivity contribution >= 4 is 28.5 Å². The van der Waals surface area contributed by atoms with E-state index in [2.05, 4.69) is 5.16 Å². The molecule has 8 heteroatoms.